The largest absolute Gasteiger partial charge is 0.376 e. The number of aryl methyl sites for hydroxylation is 2. The molecule has 0 unspecified atom stereocenters. The molecule has 0 aromatic carbocycles. The average molecular weight is 424 g/mol. The molecule has 0 saturated carbocycles. The molecule has 0 radical (unpaired) electrons. The molecule has 3 aromatic heterocycles. The number of ether oxygens (including phenoxy) is 1. The van der Waals surface area contributed by atoms with Gasteiger partial charge in [0.15, 0.2) is 4.34 Å². The number of hydrogen-bond acceptors (Lipinski definition) is 9. The summed E-state index contributed by atoms with van der Waals surface area (Å²) in [5.74, 6) is 0.669. The van der Waals surface area contributed by atoms with E-state index in [0.717, 1.165) is 50.7 Å². The highest BCUT2D eigenvalue weighted by Gasteiger charge is 2.19. The minimum Gasteiger partial charge on any atom is -0.376 e. The fourth-order valence-corrected chi connectivity index (χ4v) is 6.00. The minimum atomic E-state index is -0.0690. The first-order valence-corrected chi connectivity index (χ1v) is 11.4. The predicted molar refractivity (Wildman–Crippen MR) is 111 cm³/mol. The second-order valence-corrected chi connectivity index (χ2v) is 10.3. The zero-order chi connectivity index (χ0) is 19.0. The predicted octanol–water partition coefficient (Wildman–Crippen LogP) is 3.90. The molecule has 10 heteroatoms. The van der Waals surface area contributed by atoms with Gasteiger partial charge in [-0.05, 0) is 39.2 Å². The molecule has 1 saturated heterocycles. The quantitative estimate of drug-likeness (QED) is 0.581. The number of H-pyrrole nitrogens is 1. The molecule has 0 amide bonds. The van der Waals surface area contributed by atoms with Gasteiger partial charge in [-0.25, -0.2) is 4.98 Å². The minimum absolute atomic E-state index is 0.0243. The van der Waals surface area contributed by atoms with Gasteiger partial charge in [-0.15, -0.1) is 21.5 Å². The molecule has 3 aromatic rings. The van der Waals surface area contributed by atoms with Crippen LogP contribution in [0, 0.1) is 13.8 Å². The summed E-state index contributed by atoms with van der Waals surface area (Å²) in [6, 6.07) is 0. The number of nitrogens with one attached hydrogen (secondary N) is 2. The smallest absolute Gasteiger partial charge is 0.259 e. The summed E-state index contributed by atoms with van der Waals surface area (Å²) in [6.07, 6.45) is 2.48. The van der Waals surface area contributed by atoms with Gasteiger partial charge in [0.2, 0.25) is 5.13 Å². The Kier molecular flexibility index (Phi) is 5.49. The van der Waals surface area contributed by atoms with Gasteiger partial charge in [0.1, 0.15) is 10.7 Å². The van der Waals surface area contributed by atoms with Crippen LogP contribution in [0.2, 0.25) is 0 Å². The van der Waals surface area contributed by atoms with Crippen LogP contribution in [0.15, 0.2) is 9.13 Å². The number of rotatable bonds is 6. The molecule has 4 rings (SSSR count). The number of anilines is 1. The van der Waals surface area contributed by atoms with Crippen LogP contribution < -0.4 is 10.9 Å². The number of nitrogens with zero attached hydrogens (tertiary/aromatic N) is 3. The number of fused-ring (bicyclic) bond motifs is 1. The Morgan fingerprint density at radius 3 is 3.00 bits per heavy atom. The molecule has 4 heterocycles. The first-order valence-electron chi connectivity index (χ1n) is 8.87. The van der Waals surface area contributed by atoms with Crippen LogP contribution in [-0.2, 0) is 4.74 Å². The maximum atomic E-state index is 12.5. The van der Waals surface area contributed by atoms with Crippen molar-refractivity contribution in [2.45, 2.75) is 49.3 Å². The van der Waals surface area contributed by atoms with Crippen molar-refractivity contribution in [1.29, 1.82) is 0 Å². The van der Waals surface area contributed by atoms with Gasteiger partial charge < -0.3 is 15.0 Å². The Hall–Kier alpha value is -1.49. The zero-order valence-corrected chi connectivity index (χ0v) is 17.8. The van der Waals surface area contributed by atoms with Crippen LogP contribution in [0.25, 0.3) is 10.2 Å². The van der Waals surface area contributed by atoms with E-state index < -0.39 is 0 Å². The topological polar surface area (TPSA) is 92.8 Å². The van der Waals surface area contributed by atoms with Gasteiger partial charge in [0, 0.05) is 18.0 Å². The Labute approximate surface area is 169 Å². The maximum Gasteiger partial charge on any atom is 0.259 e. The van der Waals surface area contributed by atoms with E-state index in [1.54, 1.807) is 23.1 Å². The summed E-state index contributed by atoms with van der Waals surface area (Å²) in [5, 5.41) is 13.2. The third-order valence-electron chi connectivity index (χ3n) is 4.63. The van der Waals surface area contributed by atoms with Gasteiger partial charge in [-0.1, -0.05) is 23.1 Å². The molecule has 1 fully saturated rings. The highest BCUT2D eigenvalue weighted by atomic mass is 32.2. The second kappa shape index (κ2) is 7.86. The molecule has 144 valence electrons. The van der Waals surface area contributed by atoms with Gasteiger partial charge in [-0.3, -0.25) is 4.79 Å². The van der Waals surface area contributed by atoms with Crippen LogP contribution in [0.1, 0.15) is 41.3 Å². The maximum absolute atomic E-state index is 12.5. The number of thioether (sulfide) groups is 1. The van der Waals surface area contributed by atoms with Crippen molar-refractivity contribution < 1.29 is 4.74 Å². The summed E-state index contributed by atoms with van der Waals surface area (Å²) in [6.45, 7) is 7.61. The lowest BCUT2D eigenvalue weighted by Gasteiger charge is -2.09. The van der Waals surface area contributed by atoms with E-state index >= 15 is 0 Å². The summed E-state index contributed by atoms with van der Waals surface area (Å²) in [5.41, 5.74) is 0.946. The SMILES string of the molecule is Cc1sc2nc([C@@H](C)Sc3nnc(NC[C@@H]4CCCO4)s3)[nH]c(=O)c2c1C. The standard InChI is InChI=1S/C17H21N5O2S3/c1-8-9(2)25-15-12(8)14(23)19-13(20-15)10(3)26-17-22-21-16(27-17)18-7-11-5-4-6-24-11/h10-11H,4-7H2,1-3H3,(H,18,21)(H,19,20,23)/t10-,11+/m1/s1. The molecule has 1 aliphatic heterocycles. The zero-order valence-electron chi connectivity index (χ0n) is 15.4. The van der Waals surface area contributed by atoms with Crippen molar-refractivity contribution in [3.05, 3.63) is 26.6 Å². The van der Waals surface area contributed by atoms with E-state index in [1.807, 2.05) is 20.8 Å². The van der Waals surface area contributed by atoms with Crippen LogP contribution in [0.3, 0.4) is 0 Å². The summed E-state index contributed by atoms with van der Waals surface area (Å²) in [4.78, 5) is 22.0. The van der Waals surface area contributed by atoms with E-state index in [1.165, 1.54) is 11.3 Å². The molecule has 0 aliphatic carbocycles. The van der Waals surface area contributed by atoms with Crippen molar-refractivity contribution in [2.75, 3.05) is 18.5 Å². The van der Waals surface area contributed by atoms with E-state index in [4.69, 9.17) is 4.74 Å². The van der Waals surface area contributed by atoms with Crippen molar-refractivity contribution in [2.24, 2.45) is 0 Å². The van der Waals surface area contributed by atoms with Crippen LogP contribution in [-0.4, -0.2) is 39.4 Å². The fourth-order valence-electron chi connectivity index (χ4n) is 3.01. The summed E-state index contributed by atoms with van der Waals surface area (Å²) in [7, 11) is 0. The van der Waals surface area contributed by atoms with Crippen molar-refractivity contribution in [1.82, 2.24) is 20.2 Å². The lowest BCUT2D eigenvalue weighted by Crippen LogP contribution is -2.18. The Morgan fingerprint density at radius 1 is 1.37 bits per heavy atom. The number of aromatic nitrogens is 4. The van der Waals surface area contributed by atoms with Gasteiger partial charge in [0.25, 0.3) is 5.56 Å². The third-order valence-corrected chi connectivity index (χ3v) is 7.81. The van der Waals surface area contributed by atoms with Crippen LogP contribution in [0.5, 0.6) is 0 Å². The fraction of sp³-hybridized carbons (Fsp3) is 0.529. The monoisotopic (exact) mass is 423 g/mol. The molecule has 0 spiro atoms. The van der Waals surface area contributed by atoms with E-state index in [0.29, 0.717) is 11.2 Å². The van der Waals surface area contributed by atoms with E-state index in [2.05, 4.69) is 25.5 Å². The first-order chi connectivity index (χ1) is 13.0. The van der Waals surface area contributed by atoms with E-state index in [9.17, 15) is 4.79 Å². The van der Waals surface area contributed by atoms with Crippen molar-refractivity contribution in [3.8, 4) is 0 Å². The lowest BCUT2D eigenvalue weighted by molar-refractivity contribution is 0.120. The highest BCUT2D eigenvalue weighted by Crippen LogP contribution is 2.37. The van der Waals surface area contributed by atoms with Gasteiger partial charge in [0.05, 0.1) is 16.7 Å². The summed E-state index contributed by atoms with van der Waals surface area (Å²) < 4.78 is 6.45. The normalized spacial score (nSPS) is 18.3. The molecule has 2 N–H and O–H groups in total. The molecular formula is C17H21N5O2S3. The molecule has 2 atom stereocenters. The Morgan fingerprint density at radius 2 is 2.22 bits per heavy atom. The molecular weight excluding hydrogens is 402 g/mol. The molecule has 1 aliphatic rings. The van der Waals surface area contributed by atoms with Crippen molar-refractivity contribution in [3.63, 3.8) is 0 Å². The highest BCUT2D eigenvalue weighted by molar-refractivity contribution is 8.01. The van der Waals surface area contributed by atoms with Crippen molar-refractivity contribution >= 4 is 49.8 Å². The van der Waals surface area contributed by atoms with E-state index in [-0.39, 0.29) is 16.9 Å². The second-order valence-electron chi connectivity index (χ2n) is 6.56. The lowest BCUT2D eigenvalue weighted by atomic mass is 10.2. The molecule has 0 bridgehead atoms. The van der Waals surface area contributed by atoms with Crippen LogP contribution >= 0.6 is 34.4 Å². The number of hydrogen-bond donors (Lipinski definition) is 2. The third kappa shape index (κ3) is 4.03. The molecule has 7 nitrogen and oxygen atoms in total. The first kappa shape index (κ1) is 18.9. The Bertz CT molecular complexity index is 1010. The van der Waals surface area contributed by atoms with Gasteiger partial charge >= 0.3 is 0 Å². The number of aromatic amines is 1. The van der Waals surface area contributed by atoms with Gasteiger partial charge in [-0.2, -0.15) is 0 Å². The average Bonchev–Trinajstić information content (AvgIpc) is 3.35. The van der Waals surface area contributed by atoms with Crippen LogP contribution in [0.4, 0.5) is 5.13 Å². The molecule has 27 heavy (non-hydrogen) atoms. The Balaban J connectivity index is 1.45. The number of thiophene rings is 1. The summed E-state index contributed by atoms with van der Waals surface area (Å²) >= 11 is 4.63.